The normalized spacial score (nSPS) is 32.1. The van der Waals surface area contributed by atoms with Gasteiger partial charge in [0.15, 0.2) is 0 Å². The largest absolute Gasteiger partial charge is 0.126 e. The van der Waals surface area contributed by atoms with Crippen LogP contribution in [0, 0.1) is 5.41 Å². The van der Waals surface area contributed by atoms with Crippen molar-refractivity contribution < 1.29 is 0 Å². The van der Waals surface area contributed by atoms with Gasteiger partial charge >= 0.3 is 0 Å². The zero-order valence-corrected chi connectivity index (χ0v) is 7.20. The van der Waals surface area contributed by atoms with E-state index in [1.807, 2.05) is 0 Å². The highest BCUT2D eigenvalue weighted by Gasteiger charge is 2.20. The van der Waals surface area contributed by atoms with E-state index >= 15 is 0 Å². The molecule has 0 radical (unpaired) electrons. The second kappa shape index (κ2) is 2.64. The van der Waals surface area contributed by atoms with Gasteiger partial charge in [0, 0.05) is 0 Å². The summed E-state index contributed by atoms with van der Waals surface area (Å²) in [6, 6.07) is 0. The zero-order chi connectivity index (χ0) is 7.61. The summed E-state index contributed by atoms with van der Waals surface area (Å²) in [7, 11) is 0. The maximum absolute atomic E-state index is 3.32. The van der Waals surface area contributed by atoms with Crippen LogP contribution in [-0.4, -0.2) is 0 Å². The Morgan fingerprint density at radius 3 is 2.80 bits per heavy atom. The van der Waals surface area contributed by atoms with Crippen molar-refractivity contribution in [3.63, 3.8) is 0 Å². The number of allylic oxidation sites excluding steroid dienone is 1. The van der Waals surface area contributed by atoms with Crippen LogP contribution in [-0.2, 0) is 0 Å². The van der Waals surface area contributed by atoms with Crippen LogP contribution >= 0.6 is 0 Å². The average Bonchev–Trinajstić information content (AvgIpc) is 1.96. The molecule has 0 heterocycles. The second-order valence-electron chi connectivity index (χ2n) is 3.58. The van der Waals surface area contributed by atoms with Gasteiger partial charge in [0.2, 0.25) is 0 Å². The summed E-state index contributed by atoms with van der Waals surface area (Å²) in [4.78, 5) is 0. The molecule has 56 valence electrons. The van der Waals surface area contributed by atoms with E-state index in [0.29, 0.717) is 5.41 Å². The van der Waals surface area contributed by atoms with Gasteiger partial charge in [0.25, 0.3) is 0 Å². The van der Waals surface area contributed by atoms with Gasteiger partial charge in [-0.25, -0.2) is 0 Å². The lowest BCUT2D eigenvalue weighted by atomic mass is 9.79. The van der Waals surface area contributed by atoms with Gasteiger partial charge in [-0.2, -0.15) is 0 Å². The molecule has 0 nitrogen and oxygen atoms in total. The molecule has 1 aliphatic rings. The van der Waals surface area contributed by atoms with Gasteiger partial charge in [-0.05, 0) is 43.3 Å². The van der Waals surface area contributed by atoms with Crippen LogP contribution in [0.2, 0.25) is 0 Å². The van der Waals surface area contributed by atoms with E-state index in [-0.39, 0.29) is 0 Å². The van der Waals surface area contributed by atoms with Crippen molar-refractivity contribution in [2.24, 2.45) is 5.41 Å². The van der Waals surface area contributed by atoms with Crippen molar-refractivity contribution in [2.75, 3.05) is 0 Å². The van der Waals surface area contributed by atoms with E-state index in [1.54, 1.807) is 0 Å². The summed E-state index contributed by atoms with van der Waals surface area (Å²) in [5.41, 5.74) is 5.17. The molecule has 0 N–H and O–H groups in total. The molecule has 1 aliphatic carbocycles. The minimum atomic E-state index is 0.444. The molecule has 0 amide bonds. The molecular formula is C10H16. The van der Waals surface area contributed by atoms with E-state index in [4.69, 9.17) is 0 Å². The molecule has 0 aromatic heterocycles. The third-order valence-corrected chi connectivity index (χ3v) is 2.55. The van der Waals surface area contributed by atoms with Crippen molar-refractivity contribution in [3.8, 4) is 0 Å². The Labute approximate surface area is 63.6 Å². The molecule has 1 rings (SSSR count). The summed E-state index contributed by atoms with van der Waals surface area (Å²) >= 11 is 0. The molecule has 1 atom stereocenters. The van der Waals surface area contributed by atoms with Gasteiger partial charge in [-0.15, -0.1) is 5.73 Å². The Hall–Kier alpha value is -0.480. The fraction of sp³-hybridized carbons (Fsp3) is 0.700. The lowest BCUT2D eigenvalue weighted by Gasteiger charge is -2.25. The number of hydrogen-bond donors (Lipinski definition) is 0. The Morgan fingerprint density at radius 2 is 2.40 bits per heavy atom. The Balaban J connectivity index is 2.79. The van der Waals surface area contributed by atoms with Crippen LogP contribution in [0.3, 0.4) is 0 Å². The van der Waals surface area contributed by atoms with Crippen LogP contribution in [0.15, 0.2) is 17.4 Å². The van der Waals surface area contributed by atoms with Crippen LogP contribution in [0.5, 0.6) is 0 Å². The Morgan fingerprint density at radius 1 is 1.70 bits per heavy atom. The molecule has 0 aromatic carbocycles. The molecule has 0 aliphatic heterocycles. The number of rotatable bonds is 1. The quantitative estimate of drug-likeness (QED) is 0.485. The highest BCUT2D eigenvalue weighted by molar-refractivity contribution is 5.09. The van der Waals surface area contributed by atoms with E-state index in [0.717, 1.165) is 0 Å². The minimum absolute atomic E-state index is 0.444. The number of hydrogen-bond acceptors (Lipinski definition) is 0. The highest BCUT2D eigenvalue weighted by Crippen LogP contribution is 2.32. The molecule has 10 heavy (non-hydrogen) atoms. The van der Waals surface area contributed by atoms with Crippen molar-refractivity contribution in [2.45, 2.75) is 40.0 Å². The first-order valence-electron chi connectivity index (χ1n) is 4.10. The molecule has 0 saturated heterocycles. The van der Waals surface area contributed by atoms with Gasteiger partial charge in [0.1, 0.15) is 0 Å². The predicted molar refractivity (Wildman–Crippen MR) is 44.9 cm³/mol. The molecule has 0 aromatic rings. The predicted octanol–water partition coefficient (Wildman–Crippen LogP) is 3.30. The van der Waals surface area contributed by atoms with Crippen molar-refractivity contribution in [3.05, 3.63) is 17.4 Å². The summed E-state index contributed by atoms with van der Waals surface area (Å²) < 4.78 is 0. The smallest absolute Gasteiger partial charge is 0.00701 e. The first-order valence-corrected chi connectivity index (χ1v) is 4.10. The topological polar surface area (TPSA) is 0 Å². The third kappa shape index (κ3) is 1.52. The van der Waals surface area contributed by atoms with Crippen molar-refractivity contribution in [1.82, 2.24) is 0 Å². The van der Waals surface area contributed by atoms with Crippen LogP contribution in [0.25, 0.3) is 0 Å². The standard InChI is InChI=1S/C10H16/c1-4-10(3)7-5-9(2)6-8-10/h8H,4-5,7H2,1-3H3. The monoisotopic (exact) mass is 136 g/mol. The lowest BCUT2D eigenvalue weighted by molar-refractivity contribution is 0.371. The summed E-state index contributed by atoms with van der Waals surface area (Å²) in [5.74, 6) is 0. The van der Waals surface area contributed by atoms with Crippen LogP contribution in [0.1, 0.15) is 40.0 Å². The summed E-state index contributed by atoms with van der Waals surface area (Å²) in [5, 5.41) is 0. The third-order valence-electron chi connectivity index (χ3n) is 2.55. The van der Waals surface area contributed by atoms with Crippen molar-refractivity contribution in [1.29, 1.82) is 0 Å². The molecule has 1 unspecified atom stereocenters. The van der Waals surface area contributed by atoms with E-state index in [9.17, 15) is 0 Å². The van der Waals surface area contributed by atoms with E-state index < -0.39 is 0 Å². The maximum Gasteiger partial charge on any atom is -0.00701 e. The summed E-state index contributed by atoms with van der Waals surface area (Å²) in [6.45, 7) is 6.72. The Bertz CT molecular complexity index is 182. The SMILES string of the molecule is CCC1(C)C=C=C(C)CC1. The highest BCUT2D eigenvalue weighted by atomic mass is 14.2. The molecule has 0 fully saturated rings. The van der Waals surface area contributed by atoms with Gasteiger partial charge < -0.3 is 0 Å². The van der Waals surface area contributed by atoms with E-state index in [2.05, 4.69) is 32.6 Å². The van der Waals surface area contributed by atoms with Crippen molar-refractivity contribution >= 4 is 0 Å². The van der Waals surface area contributed by atoms with Crippen LogP contribution in [0.4, 0.5) is 0 Å². The minimum Gasteiger partial charge on any atom is -0.126 e. The van der Waals surface area contributed by atoms with Gasteiger partial charge in [-0.1, -0.05) is 13.8 Å². The molecule has 0 heteroatoms. The first-order chi connectivity index (χ1) is 4.66. The van der Waals surface area contributed by atoms with E-state index in [1.165, 1.54) is 24.8 Å². The van der Waals surface area contributed by atoms with Crippen LogP contribution < -0.4 is 0 Å². The zero-order valence-electron chi connectivity index (χ0n) is 7.20. The van der Waals surface area contributed by atoms with Gasteiger partial charge in [-0.3, -0.25) is 0 Å². The fourth-order valence-electron chi connectivity index (χ4n) is 1.19. The lowest BCUT2D eigenvalue weighted by Crippen LogP contribution is -2.13. The first kappa shape index (κ1) is 7.63. The molecule has 0 spiro atoms. The molecule has 0 saturated carbocycles. The molecular weight excluding hydrogens is 120 g/mol. The fourth-order valence-corrected chi connectivity index (χ4v) is 1.19. The average molecular weight is 136 g/mol. The summed E-state index contributed by atoms with van der Waals surface area (Å²) in [6.07, 6.45) is 6.03. The van der Waals surface area contributed by atoms with Gasteiger partial charge in [0.05, 0.1) is 0 Å². The maximum atomic E-state index is 3.32. The Kier molecular flexibility index (Phi) is 2.01. The second-order valence-corrected chi connectivity index (χ2v) is 3.58. The molecule has 0 bridgehead atoms.